The molecule has 0 aliphatic heterocycles. The lowest BCUT2D eigenvalue weighted by Gasteiger charge is -2.19. The van der Waals surface area contributed by atoms with Gasteiger partial charge in [-0.3, -0.25) is 0 Å². The number of fused-ring (bicyclic) bond motifs is 1. The van der Waals surface area contributed by atoms with Crippen LogP contribution in [-0.4, -0.2) is 24.7 Å². The Kier molecular flexibility index (Phi) is 5.83. The van der Waals surface area contributed by atoms with Crippen LogP contribution in [0, 0.1) is 0 Å². The van der Waals surface area contributed by atoms with E-state index < -0.39 is 10.2 Å². The summed E-state index contributed by atoms with van der Waals surface area (Å²) in [6.45, 7) is 5.98. The van der Waals surface area contributed by atoms with Gasteiger partial charge in [0.25, 0.3) is 16.1 Å². The molecule has 3 N–H and O–H groups in total. The molecule has 1 aromatic carbocycles. The standard InChI is InChI=1S/C22H26N4O4S/c1-4-14-12-15(8-11-20(14)29-13(2)3)22-24-21(25-30-22)18-7-5-6-17-16(18)9-10-19(17)26-31(23,27)28/h4-8,11,13,19,26H,9-10,12H2,1-3H3,(H2,23,27,28). The number of hydrogen-bond donors (Lipinski definition) is 2. The van der Waals surface area contributed by atoms with Crippen LogP contribution in [0.25, 0.3) is 17.0 Å². The average molecular weight is 443 g/mol. The number of aromatic nitrogens is 2. The Morgan fingerprint density at radius 1 is 1.32 bits per heavy atom. The molecule has 0 amide bonds. The zero-order valence-corrected chi connectivity index (χ0v) is 18.6. The monoisotopic (exact) mass is 442 g/mol. The Balaban J connectivity index is 1.62. The normalized spacial score (nSPS) is 20.0. The maximum Gasteiger partial charge on any atom is 0.274 e. The third-order valence-corrected chi connectivity index (χ3v) is 5.98. The molecule has 0 radical (unpaired) electrons. The van der Waals surface area contributed by atoms with Crippen LogP contribution in [0.2, 0.25) is 0 Å². The quantitative estimate of drug-likeness (QED) is 0.706. The van der Waals surface area contributed by atoms with Gasteiger partial charge in [-0.2, -0.15) is 18.1 Å². The van der Waals surface area contributed by atoms with Gasteiger partial charge in [-0.1, -0.05) is 29.4 Å². The van der Waals surface area contributed by atoms with Gasteiger partial charge < -0.3 is 9.26 Å². The molecule has 0 fully saturated rings. The molecule has 1 heterocycles. The molecule has 31 heavy (non-hydrogen) atoms. The summed E-state index contributed by atoms with van der Waals surface area (Å²) in [7, 11) is -3.79. The first-order valence-corrected chi connectivity index (χ1v) is 11.8. The fraction of sp³-hybridized carbons (Fsp3) is 0.364. The first-order valence-electron chi connectivity index (χ1n) is 10.2. The van der Waals surface area contributed by atoms with Crippen LogP contribution in [0.15, 0.2) is 52.3 Å². The summed E-state index contributed by atoms with van der Waals surface area (Å²) in [5, 5.41) is 9.36. The van der Waals surface area contributed by atoms with Crippen LogP contribution >= 0.6 is 0 Å². The van der Waals surface area contributed by atoms with Crippen molar-refractivity contribution in [1.82, 2.24) is 14.9 Å². The van der Waals surface area contributed by atoms with E-state index in [0.29, 0.717) is 31.0 Å². The highest BCUT2D eigenvalue weighted by Crippen LogP contribution is 2.38. The lowest BCUT2D eigenvalue weighted by Crippen LogP contribution is -2.33. The van der Waals surface area contributed by atoms with Crippen LogP contribution < -0.4 is 9.86 Å². The molecule has 0 saturated heterocycles. The first kappa shape index (κ1) is 21.5. The van der Waals surface area contributed by atoms with E-state index in [4.69, 9.17) is 14.4 Å². The maximum absolute atomic E-state index is 11.5. The van der Waals surface area contributed by atoms with Gasteiger partial charge in [0.2, 0.25) is 5.82 Å². The summed E-state index contributed by atoms with van der Waals surface area (Å²) in [4.78, 5) is 4.63. The summed E-state index contributed by atoms with van der Waals surface area (Å²) in [5.41, 5.74) is 4.74. The Morgan fingerprint density at radius 3 is 2.84 bits per heavy atom. The van der Waals surface area contributed by atoms with Gasteiger partial charge in [0, 0.05) is 23.6 Å². The van der Waals surface area contributed by atoms with Gasteiger partial charge in [0.1, 0.15) is 5.76 Å². The Bertz CT molecular complexity index is 1190. The van der Waals surface area contributed by atoms with Gasteiger partial charge in [-0.15, -0.1) is 0 Å². The van der Waals surface area contributed by atoms with Crippen LogP contribution in [0.3, 0.4) is 0 Å². The first-order chi connectivity index (χ1) is 14.7. The van der Waals surface area contributed by atoms with E-state index >= 15 is 0 Å². The fourth-order valence-electron chi connectivity index (χ4n) is 4.04. The van der Waals surface area contributed by atoms with Crippen molar-refractivity contribution in [3.05, 3.63) is 64.8 Å². The third kappa shape index (κ3) is 4.63. The van der Waals surface area contributed by atoms with Gasteiger partial charge in [0.15, 0.2) is 0 Å². The molecule has 2 aliphatic carbocycles. The van der Waals surface area contributed by atoms with Gasteiger partial charge in [-0.05, 0) is 62.5 Å². The van der Waals surface area contributed by atoms with Crippen molar-refractivity contribution < 1.29 is 17.7 Å². The zero-order chi connectivity index (χ0) is 22.2. The highest BCUT2D eigenvalue weighted by molar-refractivity contribution is 7.87. The molecule has 0 spiro atoms. The van der Waals surface area contributed by atoms with E-state index in [9.17, 15) is 8.42 Å². The maximum atomic E-state index is 11.5. The molecule has 164 valence electrons. The molecule has 9 heteroatoms. The number of benzene rings is 1. The molecule has 8 nitrogen and oxygen atoms in total. The second kappa shape index (κ2) is 8.41. The molecule has 0 bridgehead atoms. The van der Waals surface area contributed by atoms with Crippen molar-refractivity contribution in [2.75, 3.05) is 0 Å². The number of nitrogens with one attached hydrogen (secondary N) is 1. The van der Waals surface area contributed by atoms with E-state index in [1.165, 1.54) is 0 Å². The van der Waals surface area contributed by atoms with E-state index in [-0.39, 0.29) is 12.1 Å². The van der Waals surface area contributed by atoms with E-state index in [1.54, 1.807) is 0 Å². The van der Waals surface area contributed by atoms with E-state index in [2.05, 4.69) is 14.9 Å². The van der Waals surface area contributed by atoms with Crippen molar-refractivity contribution in [1.29, 1.82) is 0 Å². The minimum absolute atomic E-state index is 0.0962. The van der Waals surface area contributed by atoms with E-state index in [0.717, 1.165) is 33.6 Å². The summed E-state index contributed by atoms with van der Waals surface area (Å²) in [5.74, 6) is 1.80. The lowest BCUT2D eigenvalue weighted by atomic mass is 9.97. The second-order valence-electron chi connectivity index (χ2n) is 7.93. The Hall–Kier alpha value is -2.75. The number of ether oxygens (including phenoxy) is 1. The highest BCUT2D eigenvalue weighted by atomic mass is 32.2. The Labute approximate surface area is 182 Å². The fourth-order valence-corrected chi connectivity index (χ4v) is 4.68. The van der Waals surface area contributed by atoms with Crippen molar-refractivity contribution in [3.8, 4) is 11.4 Å². The van der Waals surface area contributed by atoms with Gasteiger partial charge in [0.05, 0.1) is 6.10 Å². The topological polar surface area (TPSA) is 120 Å². The van der Waals surface area contributed by atoms with Crippen LogP contribution in [0.5, 0.6) is 0 Å². The summed E-state index contributed by atoms with van der Waals surface area (Å²) in [6.07, 6.45) is 7.98. The summed E-state index contributed by atoms with van der Waals surface area (Å²) >= 11 is 0. The van der Waals surface area contributed by atoms with Crippen molar-refractivity contribution in [2.45, 2.75) is 52.2 Å². The van der Waals surface area contributed by atoms with Crippen molar-refractivity contribution >= 4 is 15.8 Å². The minimum Gasteiger partial charge on any atom is -0.491 e. The third-order valence-electron chi connectivity index (χ3n) is 5.36. The molecule has 1 atom stereocenters. The van der Waals surface area contributed by atoms with Crippen LogP contribution in [0.1, 0.15) is 56.7 Å². The number of hydrogen-bond acceptors (Lipinski definition) is 6. The Morgan fingerprint density at radius 2 is 2.13 bits per heavy atom. The molecular formula is C22H26N4O4S. The summed E-state index contributed by atoms with van der Waals surface area (Å²) < 4.78 is 36.9. The molecule has 1 unspecified atom stereocenters. The molecule has 0 saturated carbocycles. The second-order valence-corrected chi connectivity index (χ2v) is 9.26. The average Bonchev–Trinajstić information content (AvgIpc) is 3.34. The molecule has 2 aliphatic rings. The smallest absolute Gasteiger partial charge is 0.274 e. The minimum atomic E-state index is -3.79. The predicted octanol–water partition coefficient (Wildman–Crippen LogP) is 3.56. The van der Waals surface area contributed by atoms with Crippen molar-refractivity contribution in [2.24, 2.45) is 5.14 Å². The SMILES string of the molecule is CC=C1CC(c2nc(-c3cccc4c3CCC4NS(N)(=O)=O)no2)=CC=C1OC(C)C. The molecule has 4 rings (SSSR count). The highest BCUT2D eigenvalue weighted by Gasteiger charge is 2.29. The molecule has 2 aromatic rings. The molecular weight excluding hydrogens is 416 g/mol. The number of allylic oxidation sites excluding steroid dienone is 5. The van der Waals surface area contributed by atoms with Crippen LogP contribution in [0.4, 0.5) is 0 Å². The number of rotatable bonds is 6. The molecule has 1 aromatic heterocycles. The van der Waals surface area contributed by atoms with E-state index in [1.807, 2.05) is 57.2 Å². The largest absolute Gasteiger partial charge is 0.491 e. The predicted molar refractivity (Wildman–Crippen MR) is 118 cm³/mol. The zero-order valence-electron chi connectivity index (χ0n) is 17.8. The number of nitrogens with two attached hydrogens (primary N) is 1. The van der Waals surface area contributed by atoms with Gasteiger partial charge >= 0.3 is 0 Å². The summed E-state index contributed by atoms with van der Waals surface area (Å²) in [6, 6.07) is 5.34. The number of nitrogens with zero attached hydrogens (tertiary/aromatic N) is 2. The van der Waals surface area contributed by atoms with Crippen LogP contribution in [-0.2, 0) is 21.4 Å². The van der Waals surface area contributed by atoms with Gasteiger partial charge in [-0.25, -0.2) is 5.14 Å². The lowest BCUT2D eigenvalue weighted by molar-refractivity contribution is 0.153. The van der Waals surface area contributed by atoms with Crippen molar-refractivity contribution in [3.63, 3.8) is 0 Å².